The van der Waals surface area contributed by atoms with Crippen molar-refractivity contribution >= 4 is 11.6 Å². The van der Waals surface area contributed by atoms with E-state index in [1.165, 1.54) is 18.9 Å². The second-order valence-electron chi connectivity index (χ2n) is 6.65. The van der Waals surface area contributed by atoms with Crippen LogP contribution < -0.4 is 5.32 Å². The number of amides is 1. The first-order valence-electron chi connectivity index (χ1n) is 8.56. The third kappa shape index (κ3) is 4.86. The van der Waals surface area contributed by atoms with E-state index in [9.17, 15) is 13.6 Å². The quantitative estimate of drug-likeness (QED) is 0.816. The summed E-state index contributed by atoms with van der Waals surface area (Å²) >= 11 is 0. The lowest BCUT2D eigenvalue weighted by Crippen LogP contribution is -2.40. The van der Waals surface area contributed by atoms with Crippen molar-refractivity contribution in [1.82, 2.24) is 4.90 Å². The van der Waals surface area contributed by atoms with Gasteiger partial charge in [-0.1, -0.05) is 30.3 Å². The lowest BCUT2D eigenvalue weighted by molar-refractivity contribution is -0.118. The second-order valence-corrected chi connectivity index (χ2v) is 6.65. The van der Waals surface area contributed by atoms with Gasteiger partial charge in [-0.25, -0.2) is 8.78 Å². The van der Waals surface area contributed by atoms with Gasteiger partial charge in [0.2, 0.25) is 5.91 Å². The molecule has 1 atom stereocenters. The largest absolute Gasteiger partial charge is 0.325 e. The number of hydrogen-bond acceptors (Lipinski definition) is 2. The average Bonchev–Trinajstić information content (AvgIpc) is 3.43. The van der Waals surface area contributed by atoms with Crippen LogP contribution in [0.3, 0.4) is 0 Å². The fourth-order valence-corrected chi connectivity index (χ4v) is 3.00. The summed E-state index contributed by atoms with van der Waals surface area (Å²) in [5.74, 6) is -1.49. The number of benzene rings is 2. The summed E-state index contributed by atoms with van der Waals surface area (Å²) in [4.78, 5) is 14.5. The van der Waals surface area contributed by atoms with E-state index in [0.29, 0.717) is 18.5 Å². The topological polar surface area (TPSA) is 32.3 Å². The van der Waals surface area contributed by atoms with Gasteiger partial charge in [0.1, 0.15) is 0 Å². The van der Waals surface area contributed by atoms with Crippen molar-refractivity contribution in [3.63, 3.8) is 0 Å². The number of hydrogen-bond donors (Lipinski definition) is 1. The van der Waals surface area contributed by atoms with Crippen molar-refractivity contribution in [3.8, 4) is 0 Å². The molecule has 1 aliphatic rings. The van der Waals surface area contributed by atoms with E-state index in [2.05, 4.69) is 17.1 Å². The van der Waals surface area contributed by atoms with Crippen LogP contribution in [0.1, 0.15) is 25.3 Å². The highest BCUT2D eigenvalue weighted by Gasteiger charge is 2.32. The number of carbonyl (C=O) groups is 1. The maximum atomic E-state index is 13.3. The van der Waals surface area contributed by atoms with Crippen molar-refractivity contribution < 1.29 is 13.6 Å². The van der Waals surface area contributed by atoms with Gasteiger partial charge < -0.3 is 5.32 Å². The minimum absolute atomic E-state index is 0.214. The second kappa shape index (κ2) is 7.74. The molecule has 1 amide bonds. The third-order valence-corrected chi connectivity index (χ3v) is 4.66. The molecule has 1 N–H and O–H groups in total. The van der Waals surface area contributed by atoms with Crippen molar-refractivity contribution in [1.29, 1.82) is 0 Å². The molecule has 0 spiro atoms. The number of anilines is 1. The summed E-state index contributed by atoms with van der Waals surface area (Å²) in [5.41, 5.74) is 1.42. The Balaban J connectivity index is 1.66. The number of rotatable bonds is 7. The van der Waals surface area contributed by atoms with Gasteiger partial charge in [-0.15, -0.1) is 0 Å². The lowest BCUT2D eigenvalue weighted by atomic mass is 10.1. The van der Waals surface area contributed by atoms with Gasteiger partial charge in [-0.3, -0.25) is 9.69 Å². The predicted molar refractivity (Wildman–Crippen MR) is 94.0 cm³/mol. The summed E-state index contributed by atoms with van der Waals surface area (Å²) in [6, 6.07) is 13.7. The maximum Gasteiger partial charge on any atom is 0.238 e. The molecular formula is C20H22F2N2O. The molecule has 25 heavy (non-hydrogen) atoms. The number of carbonyl (C=O) groups excluding carboxylic acids is 1. The Morgan fingerprint density at radius 2 is 1.88 bits per heavy atom. The zero-order valence-corrected chi connectivity index (χ0v) is 14.2. The highest BCUT2D eigenvalue weighted by atomic mass is 19.2. The van der Waals surface area contributed by atoms with Gasteiger partial charge in [0.15, 0.2) is 11.6 Å². The van der Waals surface area contributed by atoms with E-state index in [0.717, 1.165) is 17.7 Å². The average molecular weight is 344 g/mol. The lowest BCUT2D eigenvalue weighted by Gasteiger charge is -2.28. The standard InChI is InChI=1S/C20H22F2N2O/c1-14(16-7-8-16)24(12-15-5-3-2-4-6-15)13-20(25)23-17-9-10-18(21)19(22)11-17/h2-6,9-11,14,16H,7-8,12-13H2,1H3,(H,23,25). The van der Waals surface area contributed by atoms with Gasteiger partial charge in [-0.05, 0) is 43.4 Å². The van der Waals surface area contributed by atoms with Gasteiger partial charge in [-0.2, -0.15) is 0 Å². The highest BCUT2D eigenvalue weighted by molar-refractivity contribution is 5.92. The molecule has 1 fully saturated rings. The molecule has 0 saturated heterocycles. The van der Waals surface area contributed by atoms with Crippen molar-refractivity contribution in [3.05, 3.63) is 65.7 Å². The van der Waals surface area contributed by atoms with E-state index in [4.69, 9.17) is 0 Å². The Labute approximate surface area is 146 Å². The molecule has 2 aromatic carbocycles. The fourth-order valence-electron chi connectivity index (χ4n) is 3.00. The van der Waals surface area contributed by atoms with Crippen LogP contribution in [0.5, 0.6) is 0 Å². The van der Waals surface area contributed by atoms with E-state index >= 15 is 0 Å². The molecule has 132 valence electrons. The van der Waals surface area contributed by atoms with Gasteiger partial charge in [0, 0.05) is 24.3 Å². The minimum atomic E-state index is -0.967. The molecule has 0 aliphatic heterocycles. The third-order valence-electron chi connectivity index (χ3n) is 4.66. The SMILES string of the molecule is CC(C1CC1)N(CC(=O)Nc1ccc(F)c(F)c1)Cc1ccccc1. The molecule has 1 unspecified atom stereocenters. The molecule has 0 heterocycles. The van der Waals surface area contributed by atoms with E-state index in [1.54, 1.807) is 0 Å². The molecule has 1 aliphatic carbocycles. The summed E-state index contributed by atoms with van der Waals surface area (Å²) in [6.45, 7) is 3.04. The summed E-state index contributed by atoms with van der Waals surface area (Å²) in [7, 11) is 0. The Hall–Kier alpha value is -2.27. The molecule has 5 heteroatoms. The van der Waals surface area contributed by atoms with Gasteiger partial charge >= 0.3 is 0 Å². The van der Waals surface area contributed by atoms with E-state index < -0.39 is 11.6 Å². The minimum Gasteiger partial charge on any atom is -0.325 e. The molecule has 1 saturated carbocycles. The van der Waals surface area contributed by atoms with E-state index in [1.807, 2.05) is 30.3 Å². The number of nitrogens with one attached hydrogen (secondary N) is 1. The monoisotopic (exact) mass is 344 g/mol. The molecule has 3 nitrogen and oxygen atoms in total. The van der Waals surface area contributed by atoms with Crippen LogP contribution in [0.2, 0.25) is 0 Å². The molecular weight excluding hydrogens is 322 g/mol. The molecule has 0 radical (unpaired) electrons. The summed E-state index contributed by atoms with van der Waals surface area (Å²) in [5, 5.41) is 2.65. The van der Waals surface area contributed by atoms with Crippen LogP contribution in [0.4, 0.5) is 14.5 Å². The first-order valence-corrected chi connectivity index (χ1v) is 8.56. The van der Waals surface area contributed by atoms with Crippen molar-refractivity contribution in [2.75, 3.05) is 11.9 Å². The van der Waals surface area contributed by atoms with Crippen LogP contribution in [0, 0.1) is 17.6 Å². The first kappa shape index (κ1) is 17.5. The molecule has 3 rings (SSSR count). The molecule has 0 bridgehead atoms. The molecule has 0 aromatic heterocycles. The van der Waals surface area contributed by atoms with E-state index in [-0.39, 0.29) is 18.1 Å². The van der Waals surface area contributed by atoms with Crippen LogP contribution in [0.15, 0.2) is 48.5 Å². The van der Waals surface area contributed by atoms with Crippen molar-refractivity contribution in [2.45, 2.75) is 32.4 Å². The Bertz CT molecular complexity index is 732. The Morgan fingerprint density at radius 3 is 2.52 bits per heavy atom. The first-order chi connectivity index (χ1) is 12.0. The zero-order valence-electron chi connectivity index (χ0n) is 14.2. The smallest absolute Gasteiger partial charge is 0.238 e. The van der Waals surface area contributed by atoms with Gasteiger partial charge in [0.25, 0.3) is 0 Å². The molecule has 2 aromatic rings. The number of halogens is 2. The number of nitrogens with zero attached hydrogens (tertiary/aromatic N) is 1. The Morgan fingerprint density at radius 1 is 1.16 bits per heavy atom. The Kier molecular flexibility index (Phi) is 5.43. The summed E-state index contributed by atoms with van der Waals surface area (Å²) in [6.07, 6.45) is 2.38. The zero-order chi connectivity index (χ0) is 17.8. The maximum absolute atomic E-state index is 13.3. The van der Waals surface area contributed by atoms with Gasteiger partial charge in [0.05, 0.1) is 6.54 Å². The van der Waals surface area contributed by atoms with Crippen LogP contribution in [-0.4, -0.2) is 23.4 Å². The fraction of sp³-hybridized carbons (Fsp3) is 0.350. The van der Waals surface area contributed by atoms with Crippen LogP contribution in [-0.2, 0) is 11.3 Å². The normalized spacial score (nSPS) is 15.2. The summed E-state index contributed by atoms with van der Waals surface area (Å²) < 4.78 is 26.3. The van der Waals surface area contributed by atoms with Crippen molar-refractivity contribution in [2.24, 2.45) is 5.92 Å². The predicted octanol–water partition coefficient (Wildman–Crippen LogP) is 4.20. The van der Waals surface area contributed by atoms with Crippen LogP contribution >= 0.6 is 0 Å². The van der Waals surface area contributed by atoms with Crippen LogP contribution in [0.25, 0.3) is 0 Å². The highest BCUT2D eigenvalue weighted by Crippen LogP contribution is 2.35.